The second-order valence-electron chi connectivity index (χ2n) is 4.44. The van der Waals surface area contributed by atoms with Gasteiger partial charge in [-0.05, 0) is 23.8 Å². The first-order chi connectivity index (χ1) is 8.74. The fourth-order valence-corrected chi connectivity index (χ4v) is 2.25. The number of aromatic amines is 1. The number of aryl methyl sites for hydroxylation is 1. The zero-order valence-corrected chi connectivity index (χ0v) is 10.1. The van der Waals surface area contributed by atoms with E-state index in [0.717, 1.165) is 27.9 Å². The lowest BCUT2D eigenvalue weighted by atomic mass is 10.00. The average molecular weight is 238 g/mol. The van der Waals surface area contributed by atoms with Crippen LogP contribution in [0.15, 0.2) is 42.6 Å². The van der Waals surface area contributed by atoms with E-state index in [0.29, 0.717) is 12.2 Å². The molecule has 0 aliphatic rings. The van der Waals surface area contributed by atoms with E-state index >= 15 is 0 Å². The molecule has 3 heteroatoms. The molecule has 0 fully saturated rings. The van der Waals surface area contributed by atoms with E-state index in [4.69, 9.17) is 0 Å². The Bertz CT molecular complexity index is 701. The molecule has 1 heterocycles. The molecule has 0 aliphatic heterocycles. The van der Waals surface area contributed by atoms with E-state index in [1.165, 1.54) is 0 Å². The summed E-state index contributed by atoms with van der Waals surface area (Å²) in [6, 6.07) is 11.8. The van der Waals surface area contributed by atoms with Gasteiger partial charge in [0.15, 0.2) is 0 Å². The SMILES string of the molecule is Cc1nc(Cc2c(O)ccc3ccccc23)c[nH]1. The maximum atomic E-state index is 10.0. The molecule has 0 unspecified atom stereocenters. The third-order valence-corrected chi connectivity index (χ3v) is 3.13. The monoisotopic (exact) mass is 238 g/mol. The van der Waals surface area contributed by atoms with Crippen LogP contribution in [0.5, 0.6) is 5.75 Å². The largest absolute Gasteiger partial charge is 0.508 e. The first-order valence-corrected chi connectivity index (χ1v) is 5.94. The first-order valence-electron chi connectivity index (χ1n) is 5.94. The summed E-state index contributed by atoms with van der Waals surface area (Å²) in [7, 11) is 0. The number of phenols is 1. The lowest BCUT2D eigenvalue weighted by Crippen LogP contribution is -1.91. The Morgan fingerprint density at radius 1 is 1.17 bits per heavy atom. The number of nitrogens with zero attached hydrogens (tertiary/aromatic N) is 1. The first kappa shape index (κ1) is 10.8. The van der Waals surface area contributed by atoms with Crippen LogP contribution >= 0.6 is 0 Å². The van der Waals surface area contributed by atoms with E-state index in [1.807, 2.05) is 43.5 Å². The molecule has 3 rings (SSSR count). The van der Waals surface area contributed by atoms with Crippen LogP contribution in [0.3, 0.4) is 0 Å². The minimum atomic E-state index is 0.328. The Labute approximate surface area is 105 Å². The van der Waals surface area contributed by atoms with Gasteiger partial charge in [0.2, 0.25) is 0 Å². The number of hydrogen-bond donors (Lipinski definition) is 2. The summed E-state index contributed by atoms with van der Waals surface area (Å²) in [5.74, 6) is 1.22. The normalized spacial score (nSPS) is 10.9. The van der Waals surface area contributed by atoms with Gasteiger partial charge < -0.3 is 10.1 Å². The number of imidazole rings is 1. The second-order valence-corrected chi connectivity index (χ2v) is 4.44. The van der Waals surface area contributed by atoms with E-state index in [9.17, 15) is 5.11 Å². The van der Waals surface area contributed by atoms with Crippen LogP contribution in [-0.4, -0.2) is 15.1 Å². The maximum absolute atomic E-state index is 10.0. The molecule has 0 saturated heterocycles. The zero-order valence-electron chi connectivity index (χ0n) is 10.1. The van der Waals surface area contributed by atoms with Gasteiger partial charge in [-0.3, -0.25) is 0 Å². The number of aromatic nitrogens is 2. The molecule has 1 aromatic heterocycles. The van der Waals surface area contributed by atoms with E-state index in [1.54, 1.807) is 6.07 Å². The standard InChI is InChI=1S/C15H14N2O/c1-10-16-9-12(17-10)8-14-13-5-3-2-4-11(13)6-7-15(14)18/h2-7,9,18H,8H2,1H3,(H,16,17). The molecule has 0 saturated carbocycles. The molecule has 2 N–H and O–H groups in total. The molecule has 0 bridgehead atoms. The topological polar surface area (TPSA) is 48.9 Å². The molecule has 0 atom stereocenters. The number of fused-ring (bicyclic) bond motifs is 1. The Morgan fingerprint density at radius 2 is 2.00 bits per heavy atom. The number of phenolic OH excluding ortho intramolecular Hbond substituents is 1. The molecular weight excluding hydrogens is 224 g/mol. The van der Waals surface area contributed by atoms with E-state index < -0.39 is 0 Å². The quantitative estimate of drug-likeness (QED) is 0.720. The van der Waals surface area contributed by atoms with Gasteiger partial charge in [-0.25, -0.2) is 4.98 Å². The predicted molar refractivity (Wildman–Crippen MR) is 71.7 cm³/mol. The number of nitrogens with one attached hydrogen (secondary N) is 1. The lowest BCUT2D eigenvalue weighted by Gasteiger charge is -2.07. The molecule has 0 amide bonds. The lowest BCUT2D eigenvalue weighted by molar-refractivity contribution is 0.470. The summed E-state index contributed by atoms with van der Waals surface area (Å²) in [5.41, 5.74) is 1.87. The Balaban J connectivity index is 2.12. The minimum Gasteiger partial charge on any atom is -0.508 e. The van der Waals surface area contributed by atoms with Crippen LogP contribution in [0.4, 0.5) is 0 Å². The van der Waals surface area contributed by atoms with Crippen molar-refractivity contribution in [2.45, 2.75) is 13.3 Å². The number of hydrogen-bond acceptors (Lipinski definition) is 2. The summed E-state index contributed by atoms with van der Waals surface area (Å²) < 4.78 is 0. The third kappa shape index (κ3) is 1.84. The highest BCUT2D eigenvalue weighted by molar-refractivity contribution is 5.87. The summed E-state index contributed by atoms with van der Waals surface area (Å²) in [6.45, 7) is 1.92. The van der Waals surface area contributed by atoms with Crippen molar-refractivity contribution in [3.8, 4) is 5.75 Å². The van der Waals surface area contributed by atoms with Gasteiger partial charge in [0.25, 0.3) is 0 Å². The van der Waals surface area contributed by atoms with Crippen molar-refractivity contribution >= 4 is 10.8 Å². The van der Waals surface area contributed by atoms with Crippen LogP contribution in [0, 0.1) is 6.92 Å². The number of benzene rings is 2. The second kappa shape index (κ2) is 4.18. The van der Waals surface area contributed by atoms with Gasteiger partial charge in [-0.1, -0.05) is 30.3 Å². The predicted octanol–water partition coefficient (Wildman–Crippen LogP) is 3.17. The highest BCUT2D eigenvalue weighted by atomic mass is 16.3. The fourth-order valence-electron chi connectivity index (χ4n) is 2.25. The van der Waals surface area contributed by atoms with Crippen LogP contribution in [0.25, 0.3) is 10.8 Å². The number of H-pyrrole nitrogens is 1. The van der Waals surface area contributed by atoms with Gasteiger partial charge in [-0.15, -0.1) is 0 Å². The third-order valence-electron chi connectivity index (χ3n) is 3.13. The molecule has 0 spiro atoms. The Kier molecular flexibility index (Phi) is 2.52. The number of rotatable bonds is 2. The van der Waals surface area contributed by atoms with Crippen LogP contribution in [-0.2, 0) is 6.42 Å². The highest BCUT2D eigenvalue weighted by Crippen LogP contribution is 2.28. The minimum absolute atomic E-state index is 0.328. The molecule has 3 aromatic rings. The summed E-state index contributed by atoms with van der Waals surface area (Å²) in [5, 5.41) is 12.3. The van der Waals surface area contributed by atoms with Crippen molar-refractivity contribution in [1.82, 2.24) is 9.97 Å². The Morgan fingerprint density at radius 3 is 2.78 bits per heavy atom. The van der Waals surface area contributed by atoms with Gasteiger partial charge in [0, 0.05) is 18.2 Å². The average Bonchev–Trinajstić information content (AvgIpc) is 2.79. The zero-order chi connectivity index (χ0) is 12.5. The van der Waals surface area contributed by atoms with E-state index in [2.05, 4.69) is 9.97 Å². The molecule has 90 valence electrons. The molecule has 2 aromatic carbocycles. The van der Waals surface area contributed by atoms with Crippen molar-refractivity contribution in [1.29, 1.82) is 0 Å². The van der Waals surface area contributed by atoms with Crippen molar-refractivity contribution in [3.63, 3.8) is 0 Å². The van der Waals surface area contributed by atoms with Crippen molar-refractivity contribution < 1.29 is 5.11 Å². The Hall–Kier alpha value is -2.29. The van der Waals surface area contributed by atoms with Crippen LogP contribution < -0.4 is 0 Å². The molecule has 18 heavy (non-hydrogen) atoms. The van der Waals surface area contributed by atoms with Crippen molar-refractivity contribution in [3.05, 3.63) is 59.7 Å². The van der Waals surface area contributed by atoms with Gasteiger partial charge >= 0.3 is 0 Å². The van der Waals surface area contributed by atoms with Crippen LogP contribution in [0.1, 0.15) is 17.1 Å². The van der Waals surface area contributed by atoms with Gasteiger partial charge in [0.1, 0.15) is 11.6 Å². The highest BCUT2D eigenvalue weighted by Gasteiger charge is 2.09. The van der Waals surface area contributed by atoms with Gasteiger partial charge in [-0.2, -0.15) is 0 Å². The van der Waals surface area contributed by atoms with Gasteiger partial charge in [0.05, 0.1) is 5.69 Å². The van der Waals surface area contributed by atoms with Crippen molar-refractivity contribution in [2.24, 2.45) is 0 Å². The fraction of sp³-hybridized carbons (Fsp3) is 0.133. The van der Waals surface area contributed by atoms with Crippen molar-refractivity contribution in [2.75, 3.05) is 0 Å². The summed E-state index contributed by atoms with van der Waals surface area (Å²) in [4.78, 5) is 7.45. The summed E-state index contributed by atoms with van der Waals surface area (Å²) >= 11 is 0. The molecule has 3 nitrogen and oxygen atoms in total. The van der Waals surface area contributed by atoms with E-state index in [-0.39, 0.29) is 0 Å². The molecular formula is C15H14N2O. The smallest absolute Gasteiger partial charge is 0.119 e. The molecule has 0 radical (unpaired) electrons. The van der Waals surface area contributed by atoms with Crippen LogP contribution in [0.2, 0.25) is 0 Å². The summed E-state index contributed by atoms with van der Waals surface area (Å²) in [6.07, 6.45) is 2.52. The maximum Gasteiger partial charge on any atom is 0.119 e. The molecule has 0 aliphatic carbocycles. The number of aromatic hydroxyl groups is 1.